The molecule has 4 heteroatoms. The first-order valence-electron chi connectivity index (χ1n) is 5.49. The van der Waals surface area contributed by atoms with E-state index in [-0.39, 0.29) is 11.9 Å². The average molecular weight is 301 g/mol. The Kier molecular flexibility index (Phi) is 5.15. The van der Waals surface area contributed by atoms with Crippen molar-refractivity contribution in [3.63, 3.8) is 0 Å². The Hall–Kier alpha value is -0.870. The highest BCUT2D eigenvalue weighted by molar-refractivity contribution is 9.10. The molecule has 0 radical (unpaired) electrons. The van der Waals surface area contributed by atoms with E-state index in [2.05, 4.69) is 15.9 Å². The van der Waals surface area contributed by atoms with Gasteiger partial charge in [-0.2, -0.15) is 0 Å². The predicted molar refractivity (Wildman–Crippen MR) is 69.4 cm³/mol. The quantitative estimate of drug-likeness (QED) is 0.870. The fourth-order valence-corrected chi connectivity index (χ4v) is 2.33. The van der Waals surface area contributed by atoms with E-state index in [9.17, 15) is 9.90 Å². The van der Waals surface area contributed by atoms with Crippen molar-refractivity contribution in [1.82, 2.24) is 0 Å². The zero-order valence-corrected chi connectivity index (χ0v) is 11.8. The minimum atomic E-state index is -0.863. The van der Waals surface area contributed by atoms with Crippen LogP contribution in [0.2, 0.25) is 0 Å². The molecule has 3 nitrogen and oxygen atoms in total. The van der Waals surface area contributed by atoms with Gasteiger partial charge in [0.2, 0.25) is 0 Å². The molecule has 0 spiro atoms. The molecule has 1 aromatic rings. The van der Waals surface area contributed by atoms with Crippen LogP contribution in [0.25, 0.3) is 0 Å². The number of halogens is 1. The third-order valence-corrected chi connectivity index (χ3v) is 3.48. The molecule has 1 rings (SSSR count). The number of rotatable bonds is 4. The molecule has 0 fully saturated rings. The van der Waals surface area contributed by atoms with Crippen LogP contribution in [0, 0.1) is 11.8 Å². The van der Waals surface area contributed by atoms with Gasteiger partial charge in [-0.1, -0.05) is 48.0 Å². The van der Waals surface area contributed by atoms with Gasteiger partial charge in [-0.05, 0) is 17.5 Å². The summed E-state index contributed by atoms with van der Waals surface area (Å²) < 4.78 is 5.54. The van der Waals surface area contributed by atoms with Crippen molar-refractivity contribution < 1.29 is 14.6 Å². The number of carbonyl (C=O) groups is 1. The number of aliphatic hydroxyl groups is 1. The smallest absolute Gasteiger partial charge is 0.311 e. The molecule has 2 atom stereocenters. The highest BCUT2D eigenvalue weighted by atomic mass is 79.9. The van der Waals surface area contributed by atoms with Gasteiger partial charge in [0.1, 0.15) is 0 Å². The number of ether oxygens (including phenoxy) is 1. The summed E-state index contributed by atoms with van der Waals surface area (Å²) in [5.74, 6) is -0.938. The van der Waals surface area contributed by atoms with Gasteiger partial charge in [-0.3, -0.25) is 4.79 Å². The number of hydrogen-bond acceptors (Lipinski definition) is 3. The molecule has 0 heterocycles. The molecule has 0 bridgehead atoms. The van der Waals surface area contributed by atoms with Crippen LogP contribution < -0.4 is 0 Å². The van der Waals surface area contributed by atoms with Crippen molar-refractivity contribution in [1.29, 1.82) is 0 Å². The first-order valence-corrected chi connectivity index (χ1v) is 6.28. The lowest BCUT2D eigenvalue weighted by Crippen LogP contribution is -2.28. The minimum Gasteiger partial charge on any atom is -0.469 e. The predicted octanol–water partition coefficient (Wildman–Crippen LogP) is 2.93. The standard InChI is InChI=1S/C13H17BrO3/c1-8(2)11(13(16)17-3)12(15)9-6-4-5-7-10(9)14/h4-8,11-12,15H,1-3H3. The first-order chi connectivity index (χ1) is 7.99. The lowest BCUT2D eigenvalue weighted by atomic mass is 9.86. The molecule has 0 saturated heterocycles. The van der Waals surface area contributed by atoms with E-state index in [0.29, 0.717) is 5.56 Å². The molecule has 2 unspecified atom stereocenters. The molecule has 1 aromatic carbocycles. The molecule has 1 N–H and O–H groups in total. The van der Waals surface area contributed by atoms with E-state index in [0.717, 1.165) is 4.47 Å². The van der Waals surface area contributed by atoms with Crippen LogP contribution in [-0.4, -0.2) is 18.2 Å². The van der Waals surface area contributed by atoms with Gasteiger partial charge in [-0.25, -0.2) is 0 Å². The molecule has 0 aliphatic heterocycles. The summed E-state index contributed by atoms with van der Waals surface area (Å²) in [5, 5.41) is 10.3. The van der Waals surface area contributed by atoms with Crippen LogP contribution in [0.15, 0.2) is 28.7 Å². The second-order valence-corrected chi connectivity index (χ2v) is 5.11. The fraction of sp³-hybridized carbons (Fsp3) is 0.462. The summed E-state index contributed by atoms with van der Waals surface area (Å²) in [6.45, 7) is 3.78. The molecule has 0 amide bonds. The molecule has 17 heavy (non-hydrogen) atoms. The van der Waals surface area contributed by atoms with Crippen molar-refractivity contribution in [2.45, 2.75) is 20.0 Å². The SMILES string of the molecule is COC(=O)C(C(C)C)C(O)c1ccccc1Br. The van der Waals surface area contributed by atoms with Crippen molar-refractivity contribution in [3.05, 3.63) is 34.3 Å². The topological polar surface area (TPSA) is 46.5 Å². The summed E-state index contributed by atoms with van der Waals surface area (Å²) >= 11 is 3.37. The van der Waals surface area contributed by atoms with Crippen LogP contribution in [0.1, 0.15) is 25.5 Å². The van der Waals surface area contributed by atoms with Crippen molar-refractivity contribution >= 4 is 21.9 Å². The fourth-order valence-electron chi connectivity index (χ4n) is 1.81. The maximum absolute atomic E-state index is 11.7. The molecule has 94 valence electrons. The number of esters is 1. The zero-order chi connectivity index (χ0) is 13.0. The molecule has 0 saturated carbocycles. The third kappa shape index (κ3) is 3.30. The minimum absolute atomic E-state index is 0.00422. The van der Waals surface area contributed by atoms with Gasteiger partial charge in [0.25, 0.3) is 0 Å². The van der Waals surface area contributed by atoms with Gasteiger partial charge < -0.3 is 9.84 Å². The number of carbonyl (C=O) groups excluding carboxylic acids is 1. The number of benzene rings is 1. The third-order valence-electron chi connectivity index (χ3n) is 2.76. The van der Waals surface area contributed by atoms with Crippen LogP contribution >= 0.6 is 15.9 Å². The molecular formula is C13H17BrO3. The monoisotopic (exact) mass is 300 g/mol. The largest absolute Gasteiger partial charge is 0.469 e. The zero-order valence-electron chi connectivity index (χ0n) is 10.2. The van der Waals surface area contributed by atoms with Gasteiger partial charge in [0, 0.05) is 4.47 Å². The highest BCUT2D eigenvalue weighted by Gasteiger charge is 2.32. The summed E-state index contributed by atoms with van der Waals surface area (Å²) in [6.07, 6.45) is -0.863. The Morgan fingerprint density at radius 1 is 1.35 bits per heavy atom. The van der Waals surface area contributed by atoms with Crippen molar-refractivity contribution in [2.24, 2.45) is 11.8 Å². The lowest BCUT2D eigenvalue weighted by molar-refractivity contribution is -0.152. The molecule has 0 aliphatic carbocycles. The number of hydrogen-bond donors (Lipinski definition) is 1. The summed E-state index contributed by atoms with van der Waals surface area (Å²) in [7, 11) is 1.34. The Labute approximate surface area is 110 Å². The highest BCUT2D eigenvalue weighted by Crippen LogP contribution is 2.33. The van der Waals surface area contributed by atoms with Gasteiger partial charge >= 0.3 is 5.97 Å². The summed E-state index contributed by atoms with van der Waals surface area (Å²) in [5.41, 5.74) is 0.705. The summed E-state index contributed by atoms with van der Waals surface area (Å²) in [6, 6.07) is 7.33. The average Bonchev–Trinajstić information content (AvgIpc) is 2.28. The van der Waals surface area contributed by atoms with Crippen LogP contribution in [0.4, 0.5) is 0 Å². The van der Waals surface area contributed by atoms with E-state index in [1.54, 1.807) is 6.07 Å². The van der Waals surface area contributed by atoms with E-state index in [1.807, 2.05) is 32.0 Å². The van der Waals surface area contributed by atoms with E-state index in [4.69, 9.17) is 4.74 Å². The summed E-state index contributed by atoms with van der Waals surface area (Å²) in [4.78, 5) is 11.7. The maximum Gasteiger partial charge on any atom is 0.311 e. The van der Waals surface area contributed by atoms with E-state index < -0.39 is 12.0 Å². The maximum atomic E-state index is 11.7. The van der Waals surface area contributed by atoms with Crippen LogP contribution in [0.5, 0.6) is 0 Å². The van der Waals surface area contributed by atoms with Gasteiger partial charge in [0.05, 0.1) is 19.1 Å². The molecule has 0 aliphatic rings. The van der Waals surface area contributed by atoms with E-state index in [1.165, 1.54) is 7.11 Å². The Morgan fingerprint density at radius 3 is 2.41 bits per heavy atom. The van der Waals surface area contributed by atoms with Crippen molar-refractivity contribution in [2.75, 3.05) is 7.11 Å². The van der Waals surface area contributed by atoms with Gasteiger partial charge in [0.15, 0.2) is 0 Å². The Balaban J connectivity index is 3.04. The van der Waals surface area contributed by atoms with Crippen LogP contribution in [-0.2, 0) is 9.53 Å². The van der Waals surface area contributed by atoms with Crippen LogP contribution in [0.3, 0.4) is 0 Å². The lowest BCUT2D eigenvalue weighted by Gasteiger charge is -2.24. The second kappa shape index (κ2) is 6.17. The van der Waals surface area contributed by atoms with E-state index >= 15 is 0 Å². The normalized spacial score (nSPS) is 14.5. The molecular weight excluding hydrogens is 284 g/mol. The Bertz CT molecular complexity index is 390. The van der Waals surface area contributed by atoms with Gasteiger partial charge in [-0.15, -0.1) is 0 Å². The number of aliphatic hydroxyl groups excluding tert-OH is 1. The Morgan fingerprint density at radius 2 is 1.94 bits per heavy atom. The second-order valence-electron chi connectivity index (χ2n) is 4.26. The number of methoxy groups -OCH3 is 1. The van der Waals surface area contributed by atoms with Crippen molar-refractivity contribution in [3.8, 4) is 0 Å². The molecule has 0 aromatic heterocycles. The first kappa shape index (κ1) is 14.2.